The van der Waals surface area contributed by atoms with Gasteiger partial charge in [0.05, 0.1) is 17.6 Å². The number of hydrogen-bond acceptors (Lipinski definition) is 3. The Bertz CT molecular complexity index is 686. The van der Waals surface area contributed by atoms with Crippen molar-refractivity contribution in [3.05, 3.63) is 39.9 Å². The van der Waals surface area contributed by atoms with Crippen molar-refractivity contribution in [2.75, 3.05) is 0 Å². The second-order valence-electron chi connectivity index (χ2n) is 4.63. The van der Waals surface area contributed by atoms with Gasteiger partial charge < -0.3 is 10.1 Å². The fourth-order valence-electron chi connectivity index (χ4n) is 2.17. The fraction of sp³-hybridized carbons (Fsp3) is 0.308. The van der Waals surface area contributed by atoms with Crippen LogP contribution in [0.3, 0.4) is 0 Å². The van der Waals surface area contributed by atoms with Gasteiger partial charge in [-0.2, -0.15) is 0 Å². The van der Waals surface area contributed by atoms with Crippen molar-refractivity contribution < 1.29 is 9.90 Å². The third kappa shape index (κ3) is 1.88. The number of aliphatic carboxylic acids is 1. The van der Waals surface area contributed by atoms with Crippen LogP contribution in [0, 0.1) is 0 Å². The van der Waals surface area contributed by atoms with Crippen LogP contribution in [-0.4, -0.2) is 21.0 Å². The number of aromatic nitrogens is 2. The molecule has 1 aliphatic carbocycles. The number of H-pyrrole nitrogens is 1. The molecule has 1 fully saturated rings. The molecular formula is C13H12N2O3. The molecule has 1 saturated carbocycles. The van der Waals surface area contributed by atoms with Crippen LogP contribution in [0.25, 0.3) is 10.9 Å². The molecule has 0 atom stereocenters. The van der Waals surface area contributed by atoms with Gasteiger partial charge in [-0.1, -0.05) is 0 Å². The van der Waals surface area contributed by atoms with Gasteiger partial charge in [-0.3, -0.25) is 14.6 Å². The van der Waals surface area contributed by atoms with E-state index < -0.39 is 5.97 Å². The molecule has 0 aromatic carbocycles. The lowest BCUT2D eigenvalue weighted by Gasteiger charge is -2.05. The largest absolute Gasteiger partial charge is 0.481 e. The SMILES string of the molecule is O=C(O)Cc1cc2c(C3CC3)nccc2[nH]c1=O. The highest BCUT2D eigenvalue weighted by molar-refractivity contribution is 5.83. The first-order valence-electron chi connectivity index (χ1n) is 5.88. The van der Waals surface area contributed by atoms with Crippen LogP contribution < -0.4 is 5.56 Å². The van der Waals surface area contributed by atoms with E-state index in [1.165, 1.54) is 0 Å². The van der Waals surface area contributed by atoms with Crippen molar-refractivity contribution in [2.24, 2.45) is 0 Å². The molecule has 92 valence electrons. The Morgan fingerprint density at radius 2 is 2.28 bits per heavy atom. The molecule has 3 rings (SSSR count). The van der Waals surface area contributed by atoms with Crippen LogP contribution in [0.15, 0.2) is 23.1 Å². The first kappa shape index (κ1) is 11.0. The smallest absolute Gasteiger partial charge is 0.308 e. The lowest BCUT2D eigenvalue weighted by molar-refractivity contribution is -0.136. The van der Waals surface area contributed by atoms with Gasteiger partial charge in [-0.15, -0.1) is 0 Å². The second-order valence-corrected chi connectivity index (χ2v) is 4.63. The molecule has 2 heterocycles. The molecule has 2 N–H and O–H groups in total. The highest BCUT2D eigenvalue weighted by Crippen LogP contribution is 2.41. The minimum Gasteiger partial charge on any atom is -0.481 e. The number of carboxylic acid groups (broad SMARTS) is 1. The van der Waals surface area contributed by atoms with Gasteiger partial charge >= 0.3 is 5.97 Å². The number of rotatable bonds is 3. The van der Waals surface area contributed by atoms with Gasteiger partial charge in [0.2, 0.25) is 0 Å². The van der Waals surface area contributed by atoms with E-state index in [1.807, 2.05) is 0 Å². The Labute approximate surface area is 102 Å². The van der Waals surface area contributed by atoms with Gasteiger partial charge in [0.15, 0.2) is 0 Å². The fourth-order valence-corrected chi connectivity index (χ4v) is 2.17. The maximum atomic E-state index is 11.7. The van der Waals surface area contributed by atoms with Crippen LogP contribution in [-0.2, 0) is 11.2 Å². The molecule has 5 heteroatoms. The quantitative estimate of drug-likeness (QED) is 0.855. The molecule has 5 nitrogen and oxygen atoms in total. The Morgan fingerprint density at radius 3 is 2.94 bits per heavy atom. The summed E-state index contributed by atoms with van der Waals surface area (Å²) in [6, 6.07) is 3.41. The molecule has 0 amide bonds. The number of fused-ring (bicyclic) bond motifs is 1. The number of nitrogens with zero attached hydrogens (tertiary/aromatic N) is 1. The van der Waals surface area contributed by atoms with Crippen LogP contribution in [0.2, 0.25) is 0 Å². The monoisotopic (exact) mass is 244 g/mol. The van der Waals surface area contributed by atoms with E-state index in [4.69, 9.17) is 5.11 Å². The number of nitrogens with one attached hydrogen (secondary N) is 1. The third-order valence-corrected chi connectivity index (χ3v) is 3.19. The predicted molar refractivity (Wildman–Crippen MR) is 65.7 cm³/mol. The standard InChI is InChI=1S/C13H12N2O3/c16-11(17)6-8-5-9-10(15-13(8)18)3-4-14-12(9)7-1-2-7/h3-5,7H,1-2,6H2,(H,15,18)(H,16,17). The Morgan fingerprint density at radius 1 is 1.50 bits per heavy atom. The van der Waals surface area contributed by atoms with E-state index in [1.54, 1.807) is 18.3 Å². The van der Waals surface area contributed by atoms with Crippen LogP contribution in [0.4, 0.5) is 0 Å². The van der Waals surface area contributed by atoms with Crippen LogP contribution >= 0.6 is 0 Å². The minimum atomic E-state index is -1.00. The molecule has 1 aliphatic rings. The van der Waals surface area contributed by atoms with E-state index >= 15 is 0 Å². The molecule has 0 bridgehead atoms. The van der Waals surface area contributed by atoms with Crippen molar-refractivity contribution in [2.45, 2.75) is 25.2 Å². The van der Waals surface area contributed by atoms with Gasteiger partial charge in [-0.05, 0) is 25.0 Å². The number of pyridine rings is 2. The highest BCUT2D eigenvalue weighted by Gasteiger charge is 2.27. The highest BCUT2D eigenvalue weighted by atomic mass is 16.4. The normalized spacial score (nSPS) is 14.9. The second kappa shape index (κ2) is 3.94. The average Bonchev–Trinajstić information content (AvgIpc) is 3.12. The third-order valence-electron chi connectivity index (χ3n) is 3.19. The summed E-state index contributed by atoms with van der Waals surface area (Å²) < 4.78 is 0. The van der Waals surface area contributed by atoms with Crippen molar-refractivity contribution in [1.29, 1.82) is 0 Å². The number of aromatic amines is 1. The van der Waals surface area contributed by atoms with Gasteiger partial charge in [-0.25, -0.2) is 0 Å². The molecule has 18 heavy (non-hydrogen) atoms. The maximum Gasteiger partial charge on any atom is 0.308 e. The van der Waals surface area contributed by atoms with Gasteiger partial charge in [0, 0.05) is 23.1 Å². The number of hydrogen-bond donors (Lipinski definition) is 2. The Balaban J connectivity index is 2.21. The summed E-state index contributed by atoms with van der Waals surface area (Å²) >= 11 is 0. The summed E-state index contributed by atoms with van der Waals surface area (Å²) in [6.07, 6.45) is 3.64. The molecule has 0 saturated heterocycles. The summed E-state index contributed by atoms with van der Waals surface area (Å²) in [5.41, 5.74) is 1.64. The van der Waals surface area contributed by atoms with E-state index in [0.717, 1.165) is 29.4 Å². The average molecular weight is 244 g/mol. The summed E-state index contributed by atoms with van der Waals surface area (Å²) in [7, 11) is 0. The Kier molecular flexibility index (Phi) is 2.40. The lowest BCUT2D eigenvalue weighted by atomic mass is 10.1. The van der Waals surface area contributed by atoms with Crippen molar-refractivity contribution in [3.8, 4) is 0 Å². The predicted octanol–water partition coefficient (Wildman–Crippen LogP) is 1.43. The first-order chi connectivity index (χ1) is 8.65. The number of carboxylic acids is 1. The van der Waals surface area contributed by atoms with E-state index in [9.17, 15) is 9.59 Å². The van der Waals surface area contributed by atoms with Crippen LogP contribution in [0.1, 0.15) is 30.0 Å². The zero-order chi connectivity index (χ0) is 12.7. The van der Waals surface area contributed by atoms with E-state index in [2.05, 4.69) is 9.97 Å². The van der Waals surface area contributed by atoms with Crippen molar-refractivity contribution in [3.63, 3.8) is 0 Å². The molecule has 0 aliphatic heterocycles. The zero-order valence-corrected chi connectivity index (χ0v) is 9.64. The topological polar surface area (TPSA) is 83.0 Å². The molecule has 0 unspecified atom stereocenters. The molecule has 0 spiro atoms. The lowest BCUT2D eigenvalue weighted by Crippen LogP contribution is -2.16. The first-order valence-corrected chi connectivity index (χ1v) is 5.88. The minimum absolute atomic E-state index is 0.260. The van der Waals surface area contributed by atoms with E-state index in [0.29, 0.717) is 5.92 Å². The molecule has 2 aromatic rings. The summed E-state index contributed by atoms with van der Waals surface area (Å²) in [5, 5.41) is 9.66. The maximum absolute atomic E-state index is 11.7. The van der Waals surface area contributed by atoms with E-state index in [-0.39, 0.29) is 17.5 Å². The van der Waals surface area contributed by atoms with Crippen LogP contribution in [0.5, 0.6) is 0 Å². The van der Waals surface area contributed by atoms with Gasteiger partial charge in [0.1, 0.15) is 0 Å². The Hall–Kier alpha value is -2.17. The van der Waals surface area contributed by atoms with Crippen molar-refractivity contribution in [1.82, 2.24) is 9.97 Å². The van der Waals surface area contributed by atoms with Gasteiger partial charge in [0.25, 0.3) is 5.56 Å². The summed E-state index contributed by atoms with van der Waals surface area (Å²) in [6.45, 7) is 0. The van der Waals surface area contributed by atoms with Crippen molar-refractivity contribution >= 4 is 16.9 Å². The molecular weight excluding hydrogens is 232 g/mol. The molecule has 0 radical (unpaired) electrons. The summed E-state index contributed by atoms with van der Waals surface area (Å²) in [5.74, 6) is -0.547. The molecule has 2 aromatic heterocycles. The summed E-state index contributed by atoms with van der Waals surface area (Å²) in [4.78, 5) is 29.5. The number of carbonyl (C=O) groups is 1. The zero-order valence-electron chi connectivity index (χ0n) is 9.64.